The molecule has 0 saturated heterocycles. The topological polar surface area (TPSA) is 110 Å². The second-order valence-corrected chi connectivity index (χ2v) is 8.41. The smallest absolute Gasteiger partial charge is 0.235 e. The van der Waals surface area contributed by atoms with Gasteiger partial charge in [0.15, 0.2) is 11.5 Å². The molecule has 0 saturated carbocycles. The first-order valence-electron chi connectivity index (χ1n) is 7.28. The van der Waals surface area contributed by atoms with Crippen LogP contribution in [-0.2, 0) is 21.4 Å². The van der Waals surface area contributed by atoms with Crippen LogP contribution in [0.2, 0.25) is 0 Å². The molecule has 0 spiro atoms. The Hall–Kier alpha value is -2.37. The van der Waals surface area contributed by atoms with E-state index in [-0.39, 0.29) is 13.1 Å². The Labute approximate surface area is 148 Å². The number of nitrogens with zero attached hydrogens (tertiary/aromatic N) is 5. The molecule has 3 rings (SSSR count). The molecular weight excluding hydrogens is 364 g/mol. The molecule has 0 atom stereocenters. The zero-order chi connectivity index (χ0) is 18.0. The van der Waals surface area contributed by atoms with Gasteiger partial charge in [0, 0.05) is 7.05 Å². The standard InChI is InChI=1S/C14H16N6O3S2/c1-19(25(2,22)23)9-14(21)15-8-13-17-16-12-6-5-10(18-20(12)13)11-4-3-7-24-11/h3-7H,8-9H2,1-2H3,(H,15,21). The van der Waals surface area contributed by atoms with Crippen LogP contribution in [-0.4, -0.2) is 58.3 Å². The molecular formula is C14H16N6O3S2. The van der Waals surface area contributed by atoms with Crippen molar-refractivity contribution >= 4 is 32.9 Å². The zero-order valence-electron chi connectivity index (χ0n) is 13.6. The van der Waals surface area contributed by atoms with Crippen LogP contribution < -0.4 is 5.32 Å². The average molecular weight is 380 g/mol. The van der Waals surface area contributed by atoms with Gasteiger partial charge in [0.1, 0.15) is 5.69 Å². The highest BCUT2D eigenvalue weighted by molar-refractivity contribution is 7.88. The molecule has 1 N–H and O–H groups in total. The molecule has 0 fully saturated rings. The Bertz CT molecular complexity index is 997. The summed E-state index contributed by atoms with van der Waals surface area (Å²) < 4.78 is 25.2. The summed E-state index contributed by atoms with van der Waals surface area (Å²) in [5.74, 6) is 0.0304. The molecule has 0 aliphatic heterocycles. The fraction of sp³-hybridized carbons (Fsp3) is 0.286. The van der Waals surface area contributed by atoms with E-state index in [4.69, 9.17) is 0 Å². The third-order valence-electron chi connectivity index (χ3n) is 3.48. The Morgan fingerprint density at radius 1 is 1.32 bits per heavy atom. The van der Waals surface area contributed by atoms with E-state index >= 15 is 0 Å². The van der Waals surface area contributed by atoms with Gasteiger partial charge in [-0.1, -0.05) is 6.07 Å². The minimum Gasteiger partial charge on any atom is -0.348 e. The number of rotatable bonds is 6. The van der Waals surface area contributed by atoms with E-state index in [9.17, 15) is 13.2 Å². The van der Waals surface area contributed by atoms with E-state index in [1.54, 1.807) is 21.9 Å². The van der Waals surface area contributed by atoms with Gasteiger partial charge in [-0.15, -0.1) is 21.5 Å². The molecule has 0 unspecified atom stereocenters. The maximum absolute atomic E-state index is 11.9. The summed E-state index contributed by atoms with van der Waals surface area (Å²) in [5.41, 5.74) is 1.35. The minimum absolute atomic E-state index is 0.0957. The summed E-state index contributed by atoms with van der Waals surface area (Å²) in [7, 11) is -2.06. The number of nitrogens with one attached hydrogen (secondary N) is 1. The lowest BCUT2D eigenvalue weighted by molar-refractivity contribution is -0.121. The fourth-order valence-corrected chi connectivity index (χ4v) is 3.09. The van der Waals surface area contributed by atoms with Gasteiger partial charge >= 0.3 is 0 Å². The van der Waals surface area contributed by atoms with Gasteiger partial charge in [-0.3, -0.25) is 4.79 Å². The molecule has 3 aromatic rings. The van der Waals surface area contributed by atoms with Crippen molar-refractivity contribution in [2.75, 3.05) is 19.8 Å². The number of amides is 1. The van der Waals surface area contributed by atoms with Crippen molar-refractivity contribution in [2.45, 2.75) is 6.54 Å². The number of hydrogen-bond acceptors (Lipinski definition) is 7. The third-order valence-corrected chi connectivity index (χ3v) is 5.63. The lowest BCUT2D eigenvalue weighted by atomic mass is 10.3. The van der Waals surface area contributed by atoms with Crippen molar-refractivity contribution in [3.63, 3.8) is 0 Å². The van der Waals surface area contributed by atoms with Gasteiger partial charge in [-0.2, -0.15) is 13.9 Å². The zero-order valence-corrected chi connectivity index (χ0v) is 15.2. The monoisotopic (exact) mass is 380 g/mol. The van der Waals surface area contributed by atoms with Crippen LogP contribution in [0.4, 0.5) is 0 Å². The molecule has 11 heteroatoms. The molecule has 3 heterocycles. The predicted octanol–water partition coefficient (Wildman–Crippen LogP) is 0.360. The van der Waals surface area contributed by atoms with Crippen LogP contribution in [0.3, 0.4) is 0 Å². The van der Waals surface area contributed by atoms with Crippen molar-refractivity contribution in [3.05, 3.63) is 35.5 Å². The second kappa shape index (κ2) is 6.86. The predicted molar refractivity (Wildman–Crippen MR) is 93.4 cm³/mol. The highest BCUT2D eigenvalue weighted by atomic mass is 32.2. The summed E-state index contributed by atoms with van der Waals surface area (Å²) in [5, 5.41) is 17.1. The molecule has 25 heavy (non-hydrogen) atoms. The summed E-state index contributed by atoms with van der Waals surface area (Å²) in [6, 6.07) is 7.57. The number of thiophene rings is 1. The molecule has 0 bridgehead atoms. The van der Waals surface area contributed by atoms with Gasteiger partial charge in [0.25, 0.3) is 0 Å². The van der Waals surface area contributed by atoms with Crippen LogP contribution in [0.25, 0.3) is 16.2 Å². The summed E-state index contributed by atoms with van der Waals surface area (Å²) >= 11 is 1.57. The average Bonchev–Trinajstić information content (AvgIpc) is 3.21. The van der Waals surface area contributed by atoms with Crippen molar-refractivity contribution in [1.29, 1.82) is 0 Å². The van der Waals surface area contributed by atoms with Gasteiger partial charge in [0.2, 0.25) is 15.9 Å². The summed E-state index contributed by atoms with van der Waals surface area (Å²) in [6.07, 6.45) is 1.04. The summed E-state index contributed by atoms with van der Waals surface area (Å²) in [6.45, 7) is -0.165. The molecule has 0 radical (unpaired) electrons. The van der Waals surface area contributed by atoms with Gasteiger partial charge in [-0.25, -0.2) is 8.42 Å². The largest absolute Gasteiger partial charge is 0.348 e. The lowest BCUT2D eigenvalue weighted by Gasteiger charge is -2.13. The molecule has 3 aromatic heterocycles. The Balaban J connectivity index is 1.73. The van der Waals surface area contributed by atoms with Crippen LogP contribution >= 0.6 is 11.3 Å². The number of sulfonamides is 1. The molecule has 9 nitrogen and oxygen atoms in total. The van der Waals surface area contributed by atoms with Crippen molar-refractivity contribution < 1.29 is 13.2 Å². The van der Waals surface area contributed by atoms with E-state index < -0.39 is 15.9 Å². The third kappa shape index (κ3) is 4.00. The van der Waals surface area contributed by atoms with Crippen molar-refractivity contribution in [1.82, 2.24) is 29.4 Å². The van der Waals surface area contributed by atoms with Crippen molar-refractivity contribution in [2.24, 2.45) is 0 Å². The second-order valence-electron chi connectivity index (χ2n) is 5.38. The number of likely N-dealkylation sites (N-methyl/N-ethyl adjacent to an activating group) is 1. The van der Waals surface area contributed by atoms with E-state index in [1.807, 2.05) is 23.6 Å². The van der Waals surface area contributed by atoms with E-state index in [0.717, 1.165) is 21.1 Å². The summed E-state index contributed by atoms with van der Waals surface area (Å²) in [4.78, 5) is 12.9. The highest BCUT2D eigenvalue weighted by Crippen LogP contribution is 2.22. The maximum Gasteiger partial charge on any atom is 0.235 e. The molecule has 0 aliphatic carbocycles. The minimum atomic E-state index is -3.41. The van der Waals surface area contributed by atoms with Crippen LogP contribution in [0.5, 0.6) is 0 Å². The van der Waals surface area contributed by atoms with Crippen LogP contribution in [0.1, 0.15) is 5.82 Å². The maximum atomic E-state index is 11.9. The lowest BCUT2D eigenvalue weighted by Crippen LogP contribution is -2.37. The Morgan fingerprint density at radius 3 is 2.80 bits per heavy atom. The first-order chi connectivity index (χ1) is 11.8. The molecule has 0 aliphatic rings. The van der Waals surface area contributed by atoms with E-state index in [1.165, 1.54) is 7.05 Å². The Kier molecular flexibility index (Phi) is 4.79. The van der Waals surface area contributed by atoms with Gasteiger partial charge in [0.05, 0.1) is 24.2 Å². The number of carbonyl (C=O) groups is 1. The van der Waals surface area contributed by atoms with Gasteiger partial charge < -0.3 is 5.32 Å². The molecule has 132 valence electrons. The van der Waals surface area contributed by atoms with E-state index in [0.29, 0.717) is 11.5 Å². The fourth-order valence-electron chi connectivity index (χ4n) is 2.05. The highest BCUT2D eigenvalue weighted by Gasteiger charge is 2.16. The number of fused-ring (bicyclic) bond motifs is 1. The van der Waals surface area contributed by atoms with Crippen molar-refractivity contribution in [3.8, 4) is 10.6 Å². The molecule has 0 aromatic carbocycles. The van der Waals surface area contributed by atoms with Crippen LogP contribution in [0, 0.1) is 0 Å². The number of carbonyl (C=O) groups excluding carboxylic acids is 1. The SMILES string of the molecule is CN(CC(=O)NCc1nnc2ccc(-c3cccs3)nn12)S(C)(=O)=O. The quantitative estimate of drug-likeness (QED) is 0.661. The van der Waals surface area contributed by atoms with Crippen LogP contribution in [0.15, 0.2) is 29.6 Å². The number of hydrogen-bond donors (Lipinski definition) is 1. The first kappa shape index (κ1) is 17.5. The normalized spacial score (nSPS) is 12.0. The van der Waals surface area contributed by atoms with Gasteiger partial charge in [-0.05, 0) is 23.6 Å². The molecule has 1 amide bonds. The first-order valence-corrected chi connectivity index (χ1v) is 10.0. The Morgan fingerprint density at radius 2 is 2.12 bits per heavy atom. The number of aromatic nitrogens is 4. The van der Waals surface area contributed by atoms with E-state index in [2.05, 4.69) is 20.6 Å².